The van der Waals surface area contributed by atoms with Gasteiger partial charge >= 0.3 is 0 Å². The number of hydrogen-bond donors (Lipinski definition) is 1. The normalized spacial score (nSPS) is 12.5. The summed E-state index contributed by atoms with van der Waals surface area (Å²) in [7, 11) is 0. The fourth-order valence-corrected chi connectivity index (χ4v) is 1.52. The largest absolute Gasteiger partial charge is 0.388 e. The Balaban J connectivity index is 2.94. The van der Waals surface area contributed by atoms with Gasteiger partial charge < -0.3 is 9.90 Å². The molecule has 0 bridgehead atoms. The number of hydrogen-bond acceptors (Lipinski definition) is 2. The van der Waals surface area contributed by atoms with Gasteiger partial charge in [-0.3, -0.25) is 0 Å². The molecule has 0 aromatic heterocycles. The second-order valence-corrected chi connectivity index (χ2v) is 3.43. The topological polar surface area (TPSA) is 37.3 Å². The van der Waals surface area contributed by atoms with Gasteiger partial charge in [-0.2, -0.15) is 0 Å². The molecule has 2 nitrogen and oxygen atoms in total. The molecule has 0 aliphatic carbocycles. The molecule has 1 atom stereocenters. The standard InChI is InChI=1S/C9H8Cl2O2/c10-6-1-2-7(8(11)5-6)9(13)3-4-12/h1-2,4-5,9,13H,3H2/t9-/m0/s1. The molecule has 0 amide bonds. The summed E-state index contributed by atoms with van der Waals surface area (Å²) >= 11 is 11.5. The van der Waals surface area contributed by atoms with Crippen molar-refractivity contribution in [3.8, 4) is 0 Å². The van der Waals surface area contributed by atoms with E-state index >= 15 is 0 Å². The summed E-state index contributed by atoms with van der Waals surface area (Å²) in [4.78, 5) is 10.1. The van der Waals surface area contributed by atoms with E-state index in [1.807, 2.05) is 0 Å². The Bertz CT molecular complexity index is 312. The predicted octanol–water partition coefficient (Wildman–Crippen LogP) is 2.62. The predicted molar refractivity (Wildman–Crippen MR) is 52.1 cm³/mol. The highest BCUT2D eigenvalue weighted by Gasteiger charge is 2.10. The van der Waals surface area contributed by atoms with Crippen LogP contribution >= 0.6 is 23.2 Å². The summed E-state index contributed by atoms with van der Waals surface area (Å²) in [5.41, 5.74) is 0.526. The molecule has 1 rings (SSSR count). The molecular weight excluding hydrogens is 211 g/mol. The van der Waals surface area contributed by atoms with E-state index < -0.39 is 6.10 Å². The summed E-state index contributed by atoms with van der Waals surface area (Å²) in [6.07, 6.45) is -0.154. The zero-order chi connectivity index (χ0) is 9.84. The molecule has 13 heavy (non-hydrogen) atoms. The first kappa shape index (κ1) is 10.5. The molecule has 4 heteroatoms. The number of aliphatic hydroxyl groups is 1. The maximum Gasteiger partial charge on any atom is 0.122 e. The number of halogens is 2. The maximum atomic E-state index is 10.1. The Morgan fingerprint density at radius 1 is 1.46 bits per heavy atom. The Morgan fingerprint density at radius 2 is 2.15 bits per heavy atom. The number of carbonyl (C=O) groups excluding carboxylic acids is 1. The second-order valence-electron chi connectivity index (χ2n) is 2.58. The summed E-state index contributed by atoms with van der Waals surface area (Å²) in [6.45, 7) is 0. The van der Waals surface area contributed by atoms with Crippen LogP contribution in [0.3, 0.4) is 0 Å². The summed E-state index contributed by atoms with van der Waals surface area (Å²) in [5.74, 6) is 0. The molecule has 0 spiro atoms. The minimum Gasteiger partial charge on any atom is -0.388 e. The van der Waals surface area contributed by atoms with Crippen LogP contribution in [0.2, 0.25) is 10.0 Å². The van der Waals surface area contributed by atoms with Crippen molar-refractivity contribution in [3.05, 3.63) is 33.8 Å². The first-order valence-electron chi connectivity index (χ1n) is 3.72. The zero-order valence-corrected chi connectivity index (χ0v) is 8.22. The summed E-state index contributed by atoms with van der Waals surface area (Å²) in [6, 6.07) is 4.77. The molecule has 0 unspecified atom stereocenters. The van der Waals surface area contributed by atoms with E-state index in [1.165, 1.54) is 6.07 Å². The fourth-order valence-electron chi connectivity index (χ4n) is 0.990. The average Bonchev–Trinajstić information content (AvgIpc) is 2.04. The second kappa shape index (κ2) is 4.61. The molecular formula is C9H8Cl2O2. The van der Waals surface area contributed by atoms with Crippen molar-refractivity contribution in [2.24, 2.45) is 0 Å². The van der Waals surface area contributed by atoms with Crippen molar-refractivity contribution in [1.29, 1.82) is 0 Å². The number of carbonyl (C=O) groups is 1. The van der Waals surface area contributed by atoms with Crippen molar-refractivity contribution in [2.45, 2.75) is 12.5 Å². The van der Waals surface area contributed by atoms with Crippen LogP contribution in [0.25, 0.3) is 0 Å². The van der Waals surface area contributed by atoms with Crippen LogP contribution in [0.4, 0.5) is 0 Å². The van der Waals surface area contributed by atoms with E-state index in [0.29, 0.717) is 21.9 Å². The van der Waals surface area contributed by atoms with Crippen molar-refractivity contribution in [3.63, 3.8) is 0 Å². The molecule has 0 fully saturated rings. The van der Waals surface area contributed by atoms with Crippen LogP contribution in [0.1, 0.15) is 18.1 Å². The molecule has 0 radical (unpaired) electrons. The third-order valence-electron chi connectivity index (χ3n) is 1.64. The minimum absolute atomic E-state index is 0.0430. The molecule has 1 N–H and O–H groups in total. The van der Waals surface area contributed by atoms with Crippen LogP contribution < -0.4 is 0 Å². The van der Waals surface area contributed by atoms with Gasteiger partial charge in [0.2, 0.25) is 0 Å². The van der Waals surface area contributed by atoms with Crippen LogP contribution in [0, 0.1) is 0 Å². The van der Waals surface area contributed by atoms with E-state index in [0.717, 1.165) is 0 Å². The van der Waals surface area contributed by atoms with Gasteiger partial charge in [-0.1, -0.05) is 29.3 Å². The van der Waals surface area contributed by atoms with E-state index in [9.17, 15) is 9.90 Å². The van der Waals surface area contributed by atoms with E-state index in [4.69, 9.17) is 23.2 Å². The molecule has 0 aliphatic heterocycles. The highest BCUT2D eigenvalue weighted by atomic mass is 35.5. The molecule has 0 saturated carbocycles. The lowest BCUT2D eigenvalue weighted by molar-refractivity contribution is -0.109. The lowest BCUT2D eigenvalue weighted by Gasteiger charge is -2.09. The van der Waals surface area contributed by atoms with Gasteiger partial charge in [-0.25, -0.2) is 0 Å². The first-order chi connectivity index (χ1) is 6.15. The summed E-state index contributed by atoms with van der Waals surface area (Å²) in [5, 5.41) is 10.3. The first-order valence-corrected chi connectivity index (χ1v) is 4.47. The van der Waals surface area contributed by atoms with Crippen molar-refractivity contribution in [2.75, 3.05) is 0 Å². The molecule has 0 aliphatic rings. The van der Waals surface area contributed by atoms with E-state index in [2.05, 4.69) is 0 Å². The lowest BCUT2D eigenvalue weighted by atomic mass is 10.1. The van der Waals surface area contributed by atoms with Gasteiger partial charge in [0, 0.05) is 16.5 Å². The highest BCUT2D eigenvalue weighted by Crippen LogP contribution is 2.27. The quantitative estimate of drug-likeness (QED) is 0.793. The number of aldehydes is 1. The van der Waals surface area contributed by atoms with E-state index in [-0.39, 0.29) is 6.42 Å². The number of rotatable bonds is 3. The Morgan fingerprint density at radius 3 is 2.69 bits per heavy atom. The van der Waals surface area contributed by atoms with Crippen LogP contribution in [-0.2, 0) is 4.79 Å². The van der Waals surface area contributed by atoms with Crippen molar-refractivity contribution in [1.82, 2.24) is 0 Å². The highest BCUT2D eigenvalue weighted by molar-refractivity contribution is 6.35. The van der Waals surface area contributed by atoms with Gasteiger partial charge in [0.05, 0.1) is 6.10 Å². The van der Waals surface area contributed by atoms with Crippen LogP contribution in [0.5, 0.6) is 0 Å². The monoisotopic (exact) mass is 218 g/mol. The fraction of sp³-hybridized carbons (Fsp3) is 0.222. The van der Waals surface area contributed by atoms with Crippen molar-refractivity contribution < 1.29 is 9.90 Å². The molecule has 0 saturated heterocycles. The smallest absolute Gasteiger partial charge is 0.122 e. The van der Waals surface area contributed by atoms with Gasteiger partial charge in [0.25, 0.3) is 0 Å². The number of aliphatic hydroxyl groups excluding tert-OH is 1. The van der Waals surface area contributed by atoms with Gasteiger partial charge in [0.15, 0.2) is 0 Å². The van der Waals surface area contributed by atoms with Gasteiger partial charge in [-0.15, -0.1) is 0 Å². The van der Waals surface area contributed by atoms with Crippen LogP contribution in [-0.4, -0.2) is 11.4 Å². The Labute approximate surface area is 86.1 Å². The third kappa shape index (κ3) is 2.69. The third-order valence-corrected chi connectivity index (χ3v) is 2.20. The zero-order valence-electron chi connectivity index (χ0n) is 6.71. The Hall–Kier alpha value is -0.570. The average molecular weight is 219 g/mol. The van der Waals surface area contributed by atoms with Gasteiger partial charge in [0.1, 0.15) is 6.29 Å². The van der Waals surface area contributed by atoms with Crippen molar-refractivity contribution >= 4 is 29.5 Å². The molecule has 70 valence electrons. The summed E-state index contributed by atoms with van der Waals surface area (Å²) < 4.78 is 0. The minimum atomic E-state index is -0.845. The molecule has 0 heterocycles. The van der Waals surface area contributed by atoms with Gasteiger partial charge in [-0.05, 0) is 17.7 Å². The lowest BCUT2D eigenvalue weighted by Crippen LogP contribution is -1.98. The maximum absolute atomic E-state index is 10.1. The molecule has 1 aromatic carbocycles. The Kier molecular flexibility index (Phi) is 3.72. The van der Waals surface area contributed by atoms with Crippen LogP contribution in [0.15, 0.2) is 18.2 Å². The molecule has 1 aromatic rings. The SMILES string of the molecule is O=CC[C@H](O)c1ccc(Cl)cc1Cl. The van der Waals surface area contributed by atoms with E-state index in [1.54, 1.807) is 12.1 Å². The number of benzene rings is 1.